The van der Waals surface area contributed by atoms with E-state index >= 15 is 0 Å². The summed E-state index contributed by atoms with van der Waals surface area (Å²) in [5.74, 6) is -5.41. The summed E-state index contributed by atoms with van der Waals surface area (Å²) in [6, 6.07) is 4.76. The summed E-state index contributed by atoms with van der Waals surface area (Å²) in [5.41, 5.74) is 0.819. The lowest BCUT2D eigenvalue weighted by atomic mass is 10.0. The molecule has 128 valence electrons. The van der Waals surface area contributed by atoms with Gasteiger partial charge in [-0.2, -0.15) is 0 Å². The van der Waals surface area contributed by atoms with Crippen LogP contribution < -0.4 is 4.72 Å². The van der Waals surface area contributed by atoms with Crippen molar-refractivity contribution in [2.75, 3.05) is 14.1 Å². The van der Waals surface area contributed by atoms with Crippen LogP contribution in [0.1, 0.15) is 5.56 Å². The lowest BCUT2D eigenvalue weighted by molar-refractivity contribution is -0.151. The van der Waals surface area contributed by atoms with Gasteiger partial charge in [0.15, 0.2) is 5.92 Å². The van der Waals surface area contributed by atoms with Gasteiger partial charge in [0.1, 0.15) is 0 Å². The third-order valence-corrected chi connectivity index (χ3v) is 4.92. The molecule has 1 N–H and O–H groups in total. The van der Waals surface area contributed by atoms with Gasteiger partial charge in [-0.25, -0.2) is 17.9 Å². The molecule has 1 heterocycles. The first-order valence-electron chi connectivity index (χ1n) is 6.78. The first-order valence-corrected chi connectivity index (χ1v) is 8.27. The topological polar surface area (TPSA) is 121 Å². The molecule has 0 bridgehead atoms. The van der Waals surface area contributed by atoms with Crippen molar-refractivity contribution in [1.29, 1.82) is 0 Å². The van der Waals surface area contributed by atoms with Gasteiger partial charge >= 0.3 is 6.03 Å². The van der Waals surface area contributed by atoms with Crippen molar-refractivity contribution in [3.8, 4) is 0 Å². The second-order valence-electron chi connectivity index (χ2n) is 5.29. The van der Waals surface area contributed by atoms with Crippen molar-refractivity contribution in [2.24, 2.45) is 5.92 Å². The molecule has 0 spiro atoms. The number of carbonyl (C=O) groups excluding carboxylic acids is 4. The number of sulfonamides is 1. The number of imide groups is 2. The third kappa shape index (κ3) is 3.00. The maximum atomic E-state index is 12.2. The number of urea groups is 1. The molecule has 24 heavy (non-hydrogen) atoms. The van der Waals surface area contributed by atoms with Gasteiger partial charge in [0.25, 0.3) is 27.7 Å². The number of nitrogens with one attached hydrogen (secondary N) is 1. The van der Waals surface area contributed by atoms with E-state index in [0.29, 0.717) is 9.80 Å². The van der Waals surface area contributed by atoms with Crippen molar-refractivity contribution in [3.05, 3.63) is 29.8 Å². The maximum absolute atomic E-state index is 12.2. The Morgan fingerprint density at radius 1 is 1.00 bits per heavy atom. The monoisotopic (exact) mass is 353 g/mol. The lowest BCUT2D eigenvalue weighted by Crippen LogP contribution is -2.60. The molecule has 1 aliphatic heterocycles. The van der Waals surface area contributed by atoms with Crippen molar-refractivity contribution in [3.63, 3.8) is 0 Å². The number of benzene rings is 1. The summed E-state index contributed by atoms with van der Waals surface area (Å²) in [4.78, 5) is 48.8. The second kappa shape index (κ2) is 6.04. The number of nitrogens with zero attached hydrogens (tertiary/aromatic N) is 2. The summed E-state index contributed by atoms with van der Waals surface area (Å²) < 4.78 is 26.1. The fourth-order valence-electron chi connectivity index (χ4n) is 2.10. The summed E-state index contributed by atoms with van der Waals surface area (Å²) in [5, 5.41) is 0. The average molecular weight is 353 g/mol. The fourth-order valence-corrected chi connectivity index (χ4v) is 3.09. The molecule has 0 unspecified atom stereocenters. The minimum absolute atomic E-state index is 0.185. The van der Waals surface area contributed by atoms with E-state index in [4.69, 9.17) is 0 Å². The number of rotatable bonds is 3. The van der Waals surface area contributed by atoms with Gasteiger partial charge in [0.2, 0.25) is 0 Å². The molecule has 0 aromatic heterocycles. The quantitative estimate of drug-likeness (QED) is 0.729. The van der Waals surface area contributed by atoms with Crippen LogP contribution in [0.15, 0.2) is 29.2 Å². The minimum Gasteiger partial charge on any atom is -0.273 e. The zero-order valence-corrected chi connectivity index (χ0v) is 14.0. The Morgan fingerprint density at radius 2 is 1.46 bits per heavy atom. The summed E-state index contributed by atoms with van der Waals surface area (Å²) >= 11 is 0. The van der Waals surface area contributed by atoms with Crippen LogP contribution in [0.4, 0.5) is 4.79 Å². The fraction of sp³-hybridized carbons (Fsp3) is 0.286. The first-order chi connectivity index (χ1) is 11.1. The molecule has 0 saturated carbocycles. The molecule has 0 radical (unpaired) electrons. The molecule has 9 nitrogen and oxygen atoms in total. The van der Waals surface area contributed by atoms with Crippen LogP contribution in [0.5, 0.6) is 0 Å². The zero-order chi connectivity index (χ0) is 18.2. The van der Waals surface area contributed by atoms with Gasteiger partial charge in [-0.3, -0.25) is 24.2 Å². The van der Waals surface area contributed by atoms with E-state index in [0.717, 1.165) is 19.7 Å². The SMILES string of the molecule is Cc1ccc(S(=O)(=O)NC(=O)C2C(=O)N(C)C(=O)N(C)C2=O)cc1. The molecule has 10 heteroatoms. The zero-order valence-electron chi connectivity index (χ0n) is 13.1. The van der Waals surface area contributed by atoms with Gasteiger partial charge in [-0.05, 0) is 19.1 Å². The van der Waals surface area contributed by atoms with E-state index in [2.05, 4.69) is 0 Å². The standard InChI is InChI=1S/C14H15N3O6S/c1-8-4-6-9(7-5-8)24(22,23)15-11(18)10-12(19)16(2)14(21)17(3)13(10)20/h4-7,10H,1-3H3,(H,15,18). The lowest BCUT2D eigenvalue weighted by Gasteiger charge is -2.31. The van der Waals surface area contributed by atoms with Crippen molar-refractivity contribution < 1.29 is 27.6 Å². The predicted octanol–water partition coefficient (Wildman–Crippen LogP) is -0.533. The molecule has 1 aromatic carbocycles. The van der Waals surface area contributed by atoms with Crippen LogP contribution >= 0.6 is 0 Å². The number of barbiturate groups is 1. The van der Waals surface area contributed by atoms with E-state index in [9.17, 15) is 27.6 Å². The Hall–Kier alpha value is -2.75. The van der Waals surface area contributed by atoms with Crippen LogP contribution in [0, 0.1) is 12.8 Å². The van der Waals surface area contributed by atoms with Crippen molar-refractivity contribution in [2.45, 2.75) is 11.8 Å². The number of hydrogen-bond donors (Lipinski definition) is 1. The number of hydrogen-bond acceptors (Lipinski definition) is 6. The van der Waals surface area contributed by atoms with Gasteiger partial charge in [-0.15, -0.1) is 0 Å². The van der Waals surface area contributed by atoms with Crippen LogP contribution in [-0.2, 0) is 24.4 Å². The smallest absolute Gasteiger partial charge is 0.273 e. The number of amides is 5. The molecule has 0 aliphatic carbocycles. The summed E-state index contributed by atoms with van der Waals surface area (Å²) in [6.07, 6.45) is 0. The van der Waals surface area contributed by atoms with Crippen molar-refractivity contribution in [1.82, 2.24) is 14.5 Å². The molecule has 2 rings (SSSR count). The van der Waals surface area contributed by atoms with E-state index in [1.54, 1.807) is 11.6 Å². The highest BCUT2D eigenvalue weighted by atomic mass is 32.2. The van der Waals surface area contributed by atoms with E-state index < -0.39 is 39.7 Å². The predicted molar refractivity (Wildman–Crippen MR) is 80.9 cm³/mol. The van der Waals surface area contributed by atoms with E-state index in [1.165, 1.54) is 24.3 Å². The Labute approximate surface area is 138 Å². The van der Waals surface area contributed by atoms with Crippen LogP contribution in [0.2, 0.25) is 0 Å². The highest BCUT2D eigenvalue weighted by molar-refractivity contribution is 7.90. The van der Waals surface area contributed by atoms with E-state index in [-0.39, 0.29) is 4.90 Å². The third-order valence-electron chi connectivity index (χ3n) is 3.56. The Morgan fingerprint density at radius 3 is 1.92 bits per heavy atom. The van der Waals surface area contributed by atoms with Gasteiger partial charge in [-0.1, -0.05) is 17.7 Å². The molecule has 1 fully saturated rings. The normalized spacial score (nSPS) is 16.5. The Kier molecular flexibility index (Phi) is 4.43. The number of aryl methyl sites for hydroxylation is 1. The van der Waals surface area contributed by atoms with Crippen LogP contribution in [0.25, 0.3) is 0 Å². The van der Waals surface area contributed by atoms with Crippen LogP contribution in [-0.4, -0.2) is 56.1 Å². The first kappa shape index (κ1) is 17.6. The highest BCUT2D eigenvalue weighted by Gasteiger charge is 2.47. The Balaban J connectivity index is 2.28. The molecular weight excluding hydrogens is 338 g/mol. The average Bonchev–Trinajstić information content (AvgIpc) is 2.51. The summed E-state index contributed by atoms with van der Waals surface area (Å²) in [6.45, 7) is 1.76. The van der Waals surface area contributed by atoms with Gasteiger partial charge < -0.3 is 0 Å². The Bertz CT molecular complexity index is 807. The minimum atomic E-state index is -4.25. The molecule has 1 aromatic rings. The largest absolute Gasteiger partial charge is 0.332 e. The molecule has 0 atom stereocenters. The molecular formula is C14H15N3O6S. The van der Waals surface area contributed by atoms with E-state index in [1.807, 2.05) is 0 Å². The molecule has 1 saturated heterocycles. The summed E-state index contributed by atoms with van der Waals surface area (Å²) in [7, 11) is -2.05. The van der Waals surface area contributed by atoms with Gasteiger partial charge in [0, 0.05) is 14.1 Å². The molecule has 1 aliphatic rings. The molecule has 5 amide bonds. The van der Waals surface area contributed by atoms with Gasteiger partial charge in [0.05, 0.1) is 4.90 Å². The number of carbonyl (C=O) groups is 4. The second-order valence-corrected chi connectivity index (χ2v) is 6.98. The maximum Gasteiger partial charge on any atom is 0.332 e. The highest BCUT2D eigenvalue weighted by Crippen LogP contribution is 2.17. The van der Waals surface area contributed by atoms with Crippen molar-refractivity contribution >= 4 is 33.8 Å². The van der Waals surface area contributed by atoms with Crippen LogP contribution in [0.3, 0.4) is 0 Å².